The minimum atomic E-state index is 0.682. The Bertz CT molecular complexity index is 242. The van der Waals surface area contributed by atoms with E-state index in [1.807, 2.05) is 0 Å². The quantitative estimate of drug-likeness (QED) is 0.764. The maximum absolute atomic E-state index is 5.45. The summed E-state index contributed by atoms with van der Waals surface area (Å²) in [6, 6.07) is 1.36. The maximum Gasteiger partial charge on any atom is 0.169 e. The van der Waals surface area contributed by atoms with Crippen molar-refractivity contribution in [3.63, 3.8) is 0 Å². The first-order valence-corrected chi connectivity index (χ1v) is 7.14. The molecule has 0 atom stereocenters. The first-order chi connectivity index (χ1) is 7.70. The normalized spacial score (nSPS) is 29.9. The lowest BCUT2D eigenvalue weighted by atomic mass is 9.84. The molecule has 0 saturated heterocycles. The van der Waals surface area contributed by atoms with E-state index in [9.17, 15) is 0 Å². The molecule has 0 amide bonds. The van der Waals surface area contributed by atoms with Crippen molar-refractivity contribution in [2.45, 2.75) is 64.0 Å². The van der Waals surface area contributed by atoms with Crippen molar-refractivity contribution in [3.05, 3.63) is 0 Å². The smallest absolute Gasteiger partial charge is 0.169 e. The maximum atomic E-state index is 5.45. The second-order valence-electron chi connectivity index (χ2n) is 5.42. The van der Waals surface area contributed by atoms with Gasteiger partial charge in [-0.05, 0) is 56.7 Å². The van der Waals surface area contributed by atoms with Crippen molar-refractivity contribution in [1.82, 2.24) is 10.2 Å². The Hall–Kier alpha value is -0.310. The van der Waals surface area contributed by atoms with Crippen LogP contribution in [0.2, 0.25) is 0 Å². The number of rotatable bonds is 3. The minimum Gasteiger partial charge on any atom is -0.360 e. The summed E-state index contributed by atoms with van der Waals surface area (Å²) in [7, 11) is 2.16. The highest BCUT2D eigenvalue weighted by molar-refractivity contribution is 7.80. The number of hydrogen-bond acceptors (Lipinski definition) is 1. The van der Waals surface area contributed by atoms with Gasteiger partial charge in [-0.25, -0.2) is 0 Å². The average Bonchev–Trinajstić information content (AvgIpc) is 3.12. The highest BCUT2D eigenvalue weighted by Crippen LogP contribution is 2.29. The predicted molar refractivity (Wildman–Crippen MR) is 72.6 cm³/mol. The van der Waals surface area contributed by atoms with Crippen LogP contribution >= 0.6 is 12.2 Å². The van der Waals surface area contributed by atoms with Gasteiger partial charge in [0.1, 0.15) is 0 Å². The zero-order valence-corrected chi connectivity index (χ0v) is 11.4. The first kappa shape index (κ1) is 12.2. The molecule has 0 unspecified atom stereocenters. The van der Waals surface area contributed by atoms with Gasteiger partial charge in [-0.1, -0.05) is 13.3 Å². The van der Waals surface area contributed by atoms with Gasteiger partial charge in [0.2, 0.25) is 0 Å². The Morgan fingerprint density at radius 2 is 1.81 bits per heavy atom. The third-order valence-corrected chi connectivity index (χ3v) is 4.57. The zero-order chi connectivity index (χ0) is 11.5. The fourth-order valence-corrected chi connectivity index (χ4v) is 2.93. The van der Waals surface area contributed by atoms with Gasteiger partial charge in [0.15, 0.2) is 5.11 Å². The Labute approximate surface area is 105 Å². The van der Waals surface area contributed by atoms with E-state index in [4.69, 9.17) is 12.2 Å². The highest BCUT2D eigenvalue weighted by atomic mass is 32.1. The van der Waals surface area contributed by atoms with Crippen molar-refractivity contribution in [1.29, 1.82) is 0 Å². The molecule has 0 aromatic rings. The topological polar surface area (TPSA) is 15.3 Å². The molecule has 1 N–H and O–H groups in total. The van der Waals surface area contributed by atoms with Crippen LogP contribution in [0.1, 0.15) is 51.9 Å². The summed E-state index contributed by atoms with van der Waals surface area (Å²) < 4.78 is 0. The van der Waals surface area contributed by atoms with Crippen LogP contribution in [-0.2, 0) is 0 Å². The molecular weight excluding hydrogens is 216 g/mol. The SMILES string of the molecule is CCC1CCC(N(C)C(=S)NC2CC2)CC1. The molecular formula is C13H24N2S. The van der Waals surface area contributed by atoms with Crippen LogP contribution in [0.25, 0.3) is 0 Å². The van der Waals surface area contributed by atoms with Gasteiger partial charge in [0, 0.05) is 19.1 Å². The monoisotopic (exact) mass is 240 g/mol. The molecule has 0 heterocycles. The van der Waals surface area contributed by atoms with E-state index in [1.54, 1.807) is 0 Å². The van der Waals surface area contributed by atoms with Crippen LogP contribution in [0.5, 0.6) is 0 Å². The fourth-order valence-electron chi connectivity index (χ4n) is 2.61. The lowest BCUT2D eigenvalue weighted by Gasteiger charge is -2.36. The Kier molecular flexibility index (Phi) is 4.06. The fraction of sp³-hybridized carbons (Fsp3) is 0.923. The standard InChI is InChI=1S/C13H24N2S/c1-3-10-4-8-12(9-5-10)15(2)13(16)14-11-6-7-11/h10-12H,3-9H2,1-2H3,(H,14,16). The Morgan fingerprint density at radius 1 is 1.19 bits per heavy atom. The van der Waals surface area contributed by atoms with Crippen LogP contribution in [0, 0.1) is 5.92 Å². The molecule has 2 rings (SSSR count). The van der Waals surface area contributed by atoms with E-state index in [1.165, 1.54) is 44.9 Å². The van der Waals surface area contributed by atoms with Crippen LogP contribution in [0.4, 0.5) is 0 Å². The van der Waals surface area contributed by atoms with Gasteiger partial charge < -0.3 is 10.2 Å². The van der Waals surface area contributed by atoms with E-state index in [0.29, 0.717) is 12.1 Å². The Balaban J connectivity index is 1.76. The molecule has 0 bridgehead atoms. The summed E-state index contributed by atoms with van der Waals surface area (Å²) in [5, 5.41) is 4.41. The molecule has 0 radical (unpaired) electrons. The summed E-state index contributed by atoms with van der Waals surface area (Å²) in [6.07, 6.45) is 9.37. The minimum absolute atomic E-state index is 0.682. The molecule has 2 saturated carbocycles. The molecule has 2 nitrogen and oxygen atoms in total. The first-order valence-electron chi connectivity index (χ1n) is 6.74. The molecule has 2 fully saturated rings. The largest absolute Gasteiger partial charge is 0.360 e. The van der Waals surface area contributed by atoms with Gasteiger partial charge in [0.25, 0.3) is 0 Å². The van der Waals surface area contributed by atoms with Crippen molar-refractivity contribution in [2.24, 2.45) is 5.92 Å². The van der Waals surface area contributed by atoms with Gasteiger partial charge in [-0.3, -0.25) is 0 Å². The second kappa shape index (κ2) is 5.35. The molecule has 92 valence electrons. The number of nitrogens with one attached hydrogen (secondary N) is 1. The zero-order valence-electron chi connectivity index (χ0n) is 10.5. The van der Waals surface area contributed by atoms with E-state index in [0.717, 1.165) is 11.0 Å². The van der Waals surface area contributed by atoms with Crippen LogP contribution in [-0.4, -0.2) is 29.1 Å². The molecule has 0 spiro atoms. The lowest BCUT2D eigenvalue weighted by Crippen LogP contribution is -2.45. The predicted octanol–water partition coefficient (Wildman–Crippen LogP) is 2.92. The average molecular weight is 240 g/mol. The third-order valence-electron chi connectivity index (χ3n) is 4.17. The van der Waals surface area contributed by atoms with Gasteiger partial charge in [-0.15, -0.1) is 0 Å². The van der Waals surface area contributed by atoms with Crippen LogP contribution in [0.3, 0.4) is 0 Å². The molecule has 2 aliphatic carbocycles. The van der Waals surface area contributed by atoms with E-state index < -0.39 is 0 Å². The number of thiocarbonyl (C=S) groups is 1. The van der Waals surface area contributed by atoms with E-state index in [2.05, 4.69) is 24.2 Å². The summed E-state index contributed by atoms with van der Waals surface area (Å²) in [5.41, 5.74) is 0. The molecule has 2 aliphatic rings. The third kappa shape index (κ3) is 3.09. The lowest BCUT2D eigenvalue weighted by molar-refractivity contribution is 0.225. The number of hydrogen-bond donors (Lipinski definition) is 1. The highest BCUT2D eigenvalue weighted by Gasteiger charge is 2.27. The summed E-state index contributed by atoms with van der Waals surface area (Å²) >= 11 is 5.45. The van der Waals surface area contributed by atoms with Crippen molar-refractivity contribution in [2.75, 3.05) is 7.05 Å². The summed E-state index contributed by atoms with van der Waals surface area (Å²) in [5.74, 6) is 0.967. The van der Waals surface area contributed by atoms with Crippen LogP contribution < -0.4 is 5.32 Å². The summed E-state index contributed by atoms with van der Waals surface area (Å²) in [6.45, 7) is 2.31. The molecule has 16 heavy (non-hydrogen) atoms. The summed E-state index contributed by atoms with van der Waals surface area (Å²) in [4.78, 5) is 2.31. The number of nitrogens with zero attached hydrogens (tertiary/aromatic N) is 1. The van der Waals surface area contributed by atoms with E-state index >= 15 is 0 Å². The molecule has 0 aliphatic heterocycles. The van der Waals surface area contributed by atoms with E-state index in [-0.39, 0.29) is 0 Å². The molecule has 0 aromatic carbocycles. The van der Waals surface area contributed by atoms with Crippen LogP contribution in [0.15, 0.2) is 0 Å². The van der Waals surface area contributed by atoms with Gasteiger partial charge >= 0.3 is 0 Å². The Morgan fingerprint density at radius 3 is 2.31 bits per heavy atom. The van der Waals surface area contributed by atoms with Gasteiger partial charge in [-0.2, -0.15) is 0 Å². The van der Waals surface area contributed by atoms with Crippen molar-refractivity contribution < 1.29 is 0 Å². The second-order valence-corrected chi connectivity index (χ2v) is 5.80. The molecule has 0 aromatic heterocycles. The molecule has 3 heteroatoms. The van der Waals surface area contributed by atoms with Crippen molar-refractivity contribution >= 4 is 17.3 Å². The van der Waals surface area contributed by atoms with Crippen molar-refractivity contribution in [3.8, 4) is 0 Å². The van der Waals surface area contributed by atoms with Gasteiger partial charge in [0.05, 0.1) is 0 Å².